The van der Waals surface area contributed by atoms with E-state index >= 15 is 0 Å². The molecule has 0 spiro atoms. The van der Waals surface area contributed by atoms with Crippen LogP contribution >= 0.6 is 0 Å². The van der Waals surface area contributed by atoms with Gasteiger partial charge in [0.2, 0.25) is 10.0 Å². The van der Waals surface area contributed by atoms with Crippen LogP contribution in [-0.4, -0.2) is 20.1 Å². The fraction of sp³-hybridized carbons (Fsp3) is 0.375. The van der Waals surface area contributed by atoms with Crippen LogP contribution in [0.1, 0.15) is 35.0 Å². The predicted octanol–water partition coefficient (Wildman–Crippen LogP) is 2.61. The molecule has 1 aromatic heterocycles. The van der Waals surface area contributed by atoms with Gasteiger partial charge in [0.1, 0.15) is 11.9 Å². The number of aliphatic hydroxyl groups is 1. The first-order valence-electron chi connectivity index (χ1n) is 7.10. The monoisotopic (exact) mass is 323 g/mol. The van der Waals surface area contributed by atoms with Gasteiger partial charge in [-0.2, -0.15) is 0 Å². The third-order valence-corrected chi connectivity index (χ3v) is 5.27. The summed E-state index contributed by atoms with van der Waals surface area (Å²) in [7, 11) is -3.59. The van der Waals surface area contributed by atoms with E-state index in [0.717, 1.165) is 11.1 Å². The molecule has 1 unspecified atom stereocenters. The second-order valence-corrected chi connectivity index (χ2v) is 7.16. The van der Waals surface area contributed by atoms with Gasteiger partial charge in [0.25, 0.3) is 0 Å². The molecule has 2 rings (SSSR count). The van der Waals surface area contributed by atoms with Gasteiger partial charge in [0.05, 0.1) is 11.2 Å². The van der Waals surface area contributed by atoms with Crippen molar-refractivity contribution in [2.24, 2.45) is 0 Å². The van der Waals surface area contributed by atoms with Crippen LogP contribution in [0.4, 0.5) is 0 Å². The van der Waals surface area contributed by atoms with Gasteiger partial charge in [-0.3, -0.25) is 0 Å². The van der Waals surface area contributed by atoms with Crippen molar-refractivity contribution >= 4 is 10.0 Å². The fourth-order valence-electron chi connectivity index (χ4n) is 2.25. The molecular weight excluding hydrogens is 302 g/mol. The van der Waals surface area contributed by atoms with Crippen molar-refractivity contribution in [2.45, 2.75) is 38.2 Å². The Morgan fingerprint density at radius 2 is 1.86 bits per heavy atom. The maximum Gasteiger partial charge on any atom is 0.240 e. The van der Waals surface area contributed by atoms with Crippen LogP contribution in [0.2, 0.25) is 0 Å². The van der Waals surface area contributed by atoms with Gasteiger partial charge >= 0.3 is 0 Å². The van der Waals surface area contributed by atoms with Crippen molar-refractivity contribution in [1.82, 2.24) is 4.72 Å². The van der Waals surface area contributed by atoms with Crippen LogP contribution in [0, 0.1) is 20.8 Å². The quantitative estimate of drug-likeness (QED) is 0.856. The average Bonchev–Trinajstić information content (AvgIpc) is 2.96. The Balaban J connectivity index is 2.04. The molecule has 0 fully saturated rings. The van der Waals surface area contributed by atoms with Crippen LogP contribution in [0.5, 0.6) is 0 Å². The normalized spacial score (nSPS) is 13.3. The number of rotatable bonds is 6. The molecule has 22 heavy (non-hydrogen) atoms. The van der Waals surface area contributed by atoms with E-state index in [1.807, 2.05) is 19.9 Å². The number of hydrogen-bond donors (Lipinski definition) is 2. The second kappa shape index (κ2) is 6.64. The minimum Gasteiger partial charge on any atom is -0.467 e. The van der Waals surface area contributed by atoms with Gasteiger partial charge in [0, 0.05) is 6.54 Å². The van der Waals surface area contributed by atoms with Gasteiger partial charge in [-0.1, -0.05) is 6.07 Å². The highest BCUT2D eigenvalue weighted by atomic mass is 32.2. The lowest BCUT2D eigenvalue weighted by Crippen LogP contribution is -2.26. The smallest absolute Gasteiger partial charge is 0.240 e. The molecule has 2 N–H and O–H groups in total. The first-order valence-corrected chi connectivity index (χ1v) is 8.58. The number of hydrogen-bond acceptors (Lipinski definition) is 4. The Morgan fingerprint density at radius 3 is 2.50 bits per heavy atom. The molecule has 6 heteroatoms. The van der Waals surface area contributed by atoms with E-state index < -0.39 is 16.1 Å². The molecule has 0 saturated heterocycles. The summed E-state index contributed by atoms with van der Waals surface area (Å²) >= 11 is 0. The Labute approximate surface area is 131 Å². The highest BCUT2D eigenvalue weighted by Crippen LogP contribution is 2.21. The lowest BCUT2D eigenvalue weighted by Gasteiger charge is -2.13. The summed E-state index contributed by atoms with van der Waals surface area (Å²) < 4.78 is 32.3. The van der Waals surface area contributed by atoms with E-state index in [2.05, 4.69) is 4.72 Å². The molecule has 120 valence electrons. The zero-order chi connectivity index (χ0) is 16.3. The lowest BCUT2D eigenvalue weighted by molar-refractivity contribution is 0.142. The van der Waals surface area contributed by atoms with E-state index in [-0.39, 0.29) is 17.9 Å². The molecular formula is C16H21NO4S. The molecule has 0 amide bonds. The van der Waals surface area contributed by atoms with Crippen LogP contribution in [0.3, 0.4) is 0 Å². The molecule has 0 saturated carbocycles. The Kier molecular flexibility index (Phi) is 5.05. The molecule has 1 aromatic carbocycles. The topological polar surface area (TPSA) is 79.5 Å². The first-order chi connectivity index (χ1) is 10.3. The van der Waals surface area contributed by atoms with Crippen molar-refractivity contribution in [1.29, 1.82) is 0 Å². The summed E-state index contributed by atoms with van der Waals surface area (Å²) in [6, 6.07) is 6.88. The number of aryl methyl sites for hydroxylation is 3. The molecule has 5 nitrogen and oxygen atoms in total. The van der Waals surface area contributed by atoms with E-state index in [0.29, 0.717) is 11.3 Å². The molecule has 1 atom stereocenters. The molecule has 1 heterocycles. The highest BCUT2D eigenvalue weighted by Gasteiger charge is 2.18. The Hall–Kier alpha value is -1.63. The van der Waals surface area contributed by atoms with Crippen LogP contribution < -0.4 is 4.72 Å². The Morgan fingerprint density at radius 1 is 1.18 bits per heavy atom. The van der Waals surface area contributed by atoms with Crippen LogP contribution in [0.25, 0.3) is 0 Å². The molecule has 0 aliphatic rings. The third-order valence-electron chi connectivity index (χ3n) is 3.66. The number of sulfonamides is 1. The van der Waals surface area contributed by atoms with E-state index in [4.69, 9.17) is 4.42 Å². The van der Waals surface area contributed by atoms with Crippen LogP contribution in [-0.2, 0) is 10.0 Å². The molecule has 2 aromatic rings. The maximum absolute atomic E-state index is 12.4. The number of benzene rings is 1. The number of aliphatic hydroxyl groups excluding tert-OH is 1. The van der Waals surface area contributed by atoms with E-state index in [1.54, 1.807) is 25.1 Å². The summed E-state index contributed by atoms with van der Waals surface area (Å²) in [5.41, 5.74) is 2.70. The minimum atomic E-state index is -3.59. The van der Waals surface area contributed by atoms with Crippen LogP contribution in [0.15, 0.2) is 39.8 Å². The average molecular weight is 323 g/mol. The molecule has 0 aliphatic heterocycles. The summed E-state index contributed by atoms with van der Waals surface area (Å²) in [5.74, 6) is 0.432. The number of furan rings is 1. The third kappa shape index (κ3) is 3.76. The minimum absolute atomic E-state index is 0.135. The summed E-state index contributed by atoms with van der Waals surface area (Å²) in [4.78, 5) is 0.281. The van der Waals surface area contributed by atoms with Crippen molar-refractivity contribution < 1.29 is 17.9 Å². The maximum atomic E-state index is 12.4. The largest absolute Gasteiger partial charge is 0.467 e. The van der Waals surface area contributed by atoms with Gasteiger partial charge in [-0.15, -0.1) is 0 Å². The van der Waals surface area contributed by atoms with Crippen molar-refractivity contribution in [3.63, 3.8) is 0 Å². The van der Waals surface area contributed by atoms with Gasteiger partial charge in [-0.25, -0.2) is 13.1 Å². The zero-order valence-corrected chi connectivity index (χ0v) is 13.8. The van der Waals surface area contributed by atoms with E-state index in [9.17, 15) is 13.5 Å². The summed E-state index contributed by atoms with van der Waals surface area (Å²) in [5, 5.41) is 9.88. The molecule has 0 aliphatic carbocycles. The highest BCUT2D eigenvalue weighted by molar-refractivity contribution is 7.89. The van der Waals surface area contributed by atoms with Gasteiger partial charge in [0.15, 0.2) is 0 Å². The summed E-state index contributed by atoms with van der Waals surface area (Å²) in [6.07, 6.45) is 0.899. The molecule has 0 radical (unpaired) electrons. The molecule has 0 bridgehead atoms. The van der Waals surface area contributed by atoms with E-state index in [1.165, 1.54) is 6.26 Å². The SMILES string of the molecule is Cc1cc(C)c(S(=O)(=O)NCCC(O)c2ccco2)cc1C. The zero-order valence-electron chi connectivity index (χ0n) is 13.0. The second-order valence-electron chi connectivity index (χ2n) is 5.42. The number of nitrogens with one attached hydrogen (secondary N) is 1. The first kappa shape index (κ1) is 16.7. The van der Waals surface area contributed by atoms with Crippen molar-refractivity contribution in [2.75, 3.05) is 6.54 Å². The predicted molar refractivity (Wildman–Crippen MR) is 84.1 cm³/mol. The standard InChI is InChI=1S/C16H21NO4S/c1-11-9-13(3)16(10-12(11)2)22(19,20)17-7-6-14(18)15-5-4-8-21-15/h4-5,8-10,14,17-18H,6-7H2,1-3H3. The Bertz CT molecular complexity index is 736. The van der Waals surface area contributed by atoms with Gasteiger partial charge in [-0.05, 0) is 62.1 Å². The van der Waals surface area contributed by atoms with Crippen molar-refractivity contribution in [3.8, 4) is 0 Å². The fourth-order valence-corrected chi connectivity index (χ4v) is 3.61. The van der Waals surface area contributed by atoms with Crippen molar-refractivity contribution in [3.05, 3.63) is 53.0 Å². The lowest BCUT2D eigenvalue weighted by atomic mass is 10.1. The summed E-state index contributed by atoms with van der Waals surface area (Å²) in [6.45, 7) is 5.75. The van der Waals surface area contributed by atoms with Gasteiger partial charge < -0.3 is 9.52 Å².